The molecular weight excluding hydrogens is 252 g/mol. The van der Waals surface area contributed by atoms with E-state index in [4.69, 9.17) is 9.47 Å². The monoisotopic (exact) mass is 265 g/mol. The molecule has 0 atom stereocenters. The van der Waals surface area contributed by atoms with Gasteiger partial charge < -0.3 is 9.47 Å². The van der Waals surface area contributed by atoms with Crippen molar-refractivity contribution < 1.29 is 23.0 Å². The lowest BCUT2D eigenvalue weighted by Crippen LogP contribution is -2.08. The molecule has 0 fully saturated rings. The Labute approximate surface area is 102 Å². The van der Waals surface area contributed by atoms with Crippen molar-refractivity contribution in [1.82, 2.24) is 4.98 Å². The van der Waals surface area contributed by atoms with E-state index < -0.39 is 19.0 Å². The third-order valence-electron chi connectivity index (χ3n) is 1.74. The van der Waals surface area contributed by atoms with E-state index in [2.05, 4.69) is 4.98 Å². The molecule has 1 aromatic heterocycles. The first-order valence-electron chi connectivity index (χ1n) is 5.11. The van der Waals surface area contributed by atoms with Crippen LogP contribution in [-0.4, -0.2) is 37.2 Å². The van der Waals surface area contributed by atoms with Crippen LogP contribution >= 0.6 is 11.3 Å². The zero-order valence-corrected chi connectivity index (χ0v) is 10.1. The minimum absolute atomic E-state index is 0.167. The maximum absolute atomic E-state index is 11.8. The minimum atomic E-state index is -2.46. The van der Waals surface area contributed by atoms with Crippen molar-refractivity contribution in [2.24, 2.45) is 0 Å². The van der Waals surface area contributed by atoms with Crippen LogP contribution in [0.3, 0.4) is 0 Å². The molecule has 0 saturated carbocycles. The van der Waals surface area contributed by atoms with E-state index in [-0.39, 0.29) is 12.3 Å². The maximum atomic E-state index is 11.8. The van der Waals surface area contributed by atoms with Gasteiger partial charge in [0.2, 0.25) is 0 Å². The molecule has 0 bridgehead atoms. The second kappa shape index (κ2) is 7.29. The van der Waals surface area contributed by atoms with Gasteiger partial charge in [-0.2, -0.15) is 0 Å². The third-order valence-corrected chi connectivity index (χ3v) is 2.65. The first-order chi connectivity index (χ1) is 8.13. The van der Waals surface area contributed by atoms with Crippen molar-refractivity contribution in [2.45, 2.75) is 19.8 Å². The van der Waals surface area contributed by atoms with Crippen molar-refractivity contribution in [2.75, 3.05) is 19.8 Å². The molecule has 1 rings (SSSR count). The number of halogens is 2. The summed E-state index contributed by atoms with van der Waals surface area (Å²) in [4.78, 5) is 15.3. The molecule has 1 heterocycles. The Morgan fingerprint density at radius 1 is 1.59 bits per heavy atom. The van der Waals surface area contributed by atoms with Gasteiger partial charge in [-0.1, -0.05) is 0 Å². The number of carbonyl (C=O) groups is 1. The van der Waals surface area contributed by atoms with Crippen molar-refractivity contribution in [3.63, 3.8) is 0 Å². The summed E-state index contributed by atoms with van der Waals surface area (Å²) in [5, 5.41) is 2.25. The molecule has 0 aliphatic rings. The fourth-order valence-corrected chi connectivity index (χ4v) is 1.81. The summed E-state index contributed by atoms with van der Waals surface area (Å²) in [6.45, 7) is 1.60. The minimum Gasteiger partial charge on any atom is -0.461 e. The molecular formula is C10H13F2NO3S. The van der Waals surface area contributed by atoms with E-state index in [1.165, 1.54) is 11.3 Å². The van der Waals surface area contributed by atoms with Gasteiger partial charge in [-0.3, -0.25) is 0 Å². The Balaban J connectivity index is 2.33. The van der Waals surface area contributed by atoms with Crippen LogP contribution in [0.2, 0.25) is 0 Å². The van der Waals surface area contributed by atoms with E-state index in [0.717, 1.165) is 0 Å². The first-order valence-corrected chi connectivity index (χ1v) is 5.98. The SMILES string of the molecule is CCOC(=O)c1csc(CCOCC(F)F)n1. The average molecular weight is 265 g/mol. The van der Waals surface area contributed by atoms with Gasteiger partial charge in [0.25, 0.3) is 6.43 Å². The number of rotatable bonds is 7. The summed E-state index contributed by atoms with van der Waals surface area (Å²) >= 11 is 1.28. The highest BCUT2D eigenvalue weighted by Crippen LogP contribution is 2.11. The maximum Gasteiger partial charge on any atom is 0.357 e. The average Bonchev–Trinajstić information content (AvgIpc) is 2.73. The zero-order chi connectivity index (χ0) is 12.7. The van der Waals surface area contributed by atoms with Gasteiger partial charge in [0.15, 0.2) is 5.69 Å². The van der Waals surface area contributed by atoms with Gasteiger partial charge in [-0.15, -0.1) is 11.3 Å². The molecule has 0 spiro atoms. The van der Waals surface area contributed by atoms with Crippen LogP contribution < -0.4 is 0 Å². The van der Waals surface area contributed by atoms with Crippen molar-refractivity contribution in [3.05, 3.63) is 16.1 Å². The largest absolute Gasteiger partial charge is 0.461 e. The Morgan fingerprint density at radius 3 is 3.00 bits per heavy atom. The zero-order valence-electron chi connectivity index (χ0n) is 9.32. The molecule has 96 valence electrons. The Morgan fingerprint density at radius 2 is 2.35 bits per heavy atom. The molecule has 7 heteroatoms. The van der Waals surface area contributed by atoms with E-state index in [0.29, 0.717) is 18.0 Å². The summed E-state index contributed by atoms with van der Waals surface area (Å²) < 4.78 is 33.0. The summed E-state index contributed by atoms with van der Waals surface area (Å²) in [5.74, 6) is -0.469. The molecule has 0 radical (unpaired) electrons. The summed E-state index contributed by atoms with van der Waals surface area (Å²) in [6, 6.07) is 0. The van der Waals surface area contributed by atoms with Crippen LogP contribution in [0.15, 0.2) is 5.38 Å². The second-order valence-electron chi connectivity index (χ2n) is 3.06. The highest BCUT2D eigenvalue weighted by atomic mass is 32.1. The van der Waals surface area contributed by atoms with Crippen LogP contribution in [0, 0.1) is 0 Å². The predicted octanol–water partition coefficient (Wildman–Crippen LogP) is 2.14. The molecule has 17 heavy (non-hydrogen) atoms. The lowest BCUT2D eigenvalue weighted by Gasteiger charge is -2.00. The Bertz CT molecular complexity index is 357. The van der Waals surface area contributed by atoms with Crippen LogP contribution in [0.1, 0.15) is 22.4 Å². The van der Waals surface area contributed by atoms with Gasteiger partial charge in [-0.25, -0.2) is 18.6 Å². The van der Waals surface area contributed by atoms with Crippen molar-refractivity contribution >= 4 is 17.3 Å². The number of ether oxygens (including phenoxy) is 2. The molecule has 0 aliphatic carbocycles. The number of hydrogen-bond acceptors (Lipinski definition) is 5. The van der Waals surface area contributed by atoms with Gasteiger partial charge in [0.1, 0.15) is 6.61 Å². The fraction of sp³-hybridized carbons (Fsp3) is 0.600. The normalized spacial score (nSPS) is 10.8. The molecule has 0 unspecified atom stereocenters. The quantitative estimate of drug-likeness (QED) is 0.560. The van der Waals surface area contributed by atoms with Crippen LogP contribution in [0.5, 0.6) is 0 Å². The number of carbonyl (C=O) groups excluding carboxylic acids is 1. The molecule has 0 amide bonds. The van der Waals surface area contributed by atoms with Crippen LogP contribution in [-0.2, 0) is 15.9 Å². The van der Waals surface area contributed by atoms with Gasteiger partial charge in [0.05, 0.1) is 18.2 Å². The molecule has 0 N–H and O–H groups in total. The highest BCUT2D eigenvalue weighted by molar-refractivity contribution is 7.09. The number of esters is 1. The number of thiazole rings is 1. The molecule has 0 aromatic carbocycles. The lowest BCUT2D eigenvalue weighted by molar-refractivity contribution is 0.0187. The number of aromatic nitrogens is 1. The number of alkyl halides is 2. The topological polar surface area (TPSA) is 48.4 Å². The van der Waals surface area contributed by atoms with Crippen LogP contribution in [0.25, 0.3) is 0 Å². The van der Waals surface area contributed by atoms with E-state index in [1.54, 1.807) is 12.3 Å². The lowest BCUT2D eigenvalue weighted by atomic mass is 10.4. The van der Waals surface area contributed by atoms with Crippen molar-refractivity contribution in [1.29, 1.82) is 0 Å². The molecule has 0 aliphatic heterocycles. The molecule has 4 nitrogen and oxygen atoms in total. The highest BCUT2D eigenvalue weighted by Gasteiger charge is 2.11. The van der Waals surface area contributed by atoms with Gasteiger partial charge in [0, 0.05) is 11.8 Å². The second-order valence-corrected chi connectivity index (χ2v) is 4.01. The Hall–Kier alpha value is -1.08. The van der Waals surface area contributed by atoms with E-state index >= 15 is 0 Å². The molecule has 0 saturated heterocycles. The first kappa shape index (κ1) is 14.0. The van der Waals surface area contributed by atoms with Crippen LogP contribution in [0.4, 0.5) is 8.78 Å². The smallest absolute Gasteiger partial charge is 0.357 e. The number of hydrogen-bond donors (Lipinski definition) is 0. The van der Waals surface area contributed by atoms with E-state index in [9.17, 15) is 13.6 Å². The third kappa shape index (κ3) is 5.18. The summed E-state index contributed by atoms with van der Waals surface area (Å²) in [7, 11) is 0. The fourth-order valence-electron chi connectivity index (χ4n) is 1.06. The molecule has 1 aromatic rings. The van der Waals surface area contributed by atoms with Gasteiger partial charge in [-0.05, 0) is 6.92 Å². The number of nitrogens with zero attached hydrogens (tertiary/aromatic N) is 1. The van der Waals surface area contributed by atoms with Crippen molar-refractivity contribution in [3.8, 4) is 0 Å². The standard InChI is InChI=1S/C10H13F2NO3S/c1-2-16-10(14)7-6-17-9(13-7)3-4-15-5-8(11)12/h6,8H,2-5H2,1H3. The Kier molecular flexibility index (Phi) is 5.99. The van der Waals surface area contributed by atoms with Gasteiger partial charge >= 0.3 is 5.97 Å². The predicted molar refractivity (Wildman–Crippen MR) is 58.6 cm³/mol. The summed E-state index contributed by atoms with van der Waals surface area (Å²) in [5.41, 5.74) is 0.251. The summed E-state index contributed by atoms with van der Waals surface area (Å²) in [6.07, 6.45) is -2.04. The van der Waals surface area contributed by atoms with E-state index in [1.807, 2.05) is 0 Å².